The Balaban J connectivity index is 1.45. The van der Waals surface area contributed by atoms with Gasteiger partial charge in [0.2, 0.25) is 0 Å². The number of ether oxygens (including phenoxy) is 1. The molecule has 0 saturated carbocycles. The van der Waals surface area contributed by atoms with Gasteiger partial charge in [0.25, 0.3) is 5.91 Å². The van der Waals surface area contributed by atoms with Gasteiger partial charge in [-0.15, -0.1) is 0 Å². The number of halogens is 3. The van der Waals surface area contributed by atoms with Gasteiger partial charge < -0.3 is 10.1 Å². The first kappa shape index (κ1) is 20.4. The van der Waals surface area contributed by atoms with Crippen molar-refractivity contribution in [2.24, 2.45) is 0 Å². The second kappa shape index (κ2) is 9.21. The molecule has 1 fully saturated rings. The summed E-state index contributed by atoms with van der Waals surface area (Å²) in [6.45, 7) is 4.51. The van der Waals surface area contributed by atoms with Crippen LogP contribution in [0.15, 0.2) is 48.5 Å². The van der Waals surface area contributed by atoms with Crippen molar-refractivity contribution in [1.29, 1.82) is 0 Å². The van der Waals surface area contributed by atoms with E-state index in [0.717, 1.165) is 56.1 Å². The molecule has 1 amide bonds. The standard InChI is InChI=1S/C21H23F3N2O2/c22-21(23,24)19-7-3-16(4-8-19)9-10-25-20(27)18-5-1-17(2-6-18)15-26-11-13-28-14-12-26/h1-8H,9-15H2,(H,25,27). The summed E-state index contributed by atoms with van der Waals surface area (Å²) in [5.41, 5.74) is 1.79. The van der Waals surface area contributed by atoms with E-state index in [-0.39, 0.29) is 5.91 Å². The normalized spacial score (nSPS) is 15.4. The maximum absolute atomic E-state index is 12.6. The molecular weight excluding hydrogens is 369 g/mol. The molecule has 2 aromatic rings. The third-order valence-electron chi connectivity index (χ3n) is 4.71. The second-order valence-electron chi connectivity index (χ2n) is 6.79. The van der Waals surface area contributed by atoms with Crippen LogP contribution in [-0.4, -0.2) is 43.7 Å². The molecule has 1 saturated heterocycles. The van der Waals surface area contributed by atoms with E-state index in [1.54, 1.807) is 12.1 Å². The highest BCUT2D eigenvalue weighted by molar-refractivity contribution is 5.94. The molecule has 2 aromatic carbocycles. The summed E-state index contributed by atoms with van der Waals surface area (Å²) in [4.78, 5) is 14.5. The molecule has 28 heavy (non-hydrogen) atoms. The first-order valence-electron chi connectivity index (χ1n) is 9.25. The van der Waals surface area contributed by atoms with Crippen LogP contribution in [0.3, 0.4) is 0 Å². The monoisotopic (exact) mass is 392 g/mol. The number of carbonyl (C=O) groups excluding carboxylic acids is 1. The third kappa shape index (κ3) is 5.81. The first-order valence-corrected chi connectivity index (χ1v) is 9.25. The zero-order valence-electron chi connectivity index (χ0n) is 15.5. The number of carbonyl (C=O) groups is 1. The molecule has 3 rings (SSSR count). The van der Waals surface area contributed by atoms with E-state index < -0.39 is 11.7 Å². The van der Waals surface area contributed by atoms with E-state index >= 15 is 0 Å². The Kier molecular flexibility index (Phi) is 6.70. The van der Waals surface area contributed by atoms with Gasteiger partial charge in [-0.2, -0.15) is 13.2 Å². The average molecular weight is 392 g/mol. The molecule has 150 valence electrons. The number of rotatable bonds is 6. The molecule has 0 atom stereocenters. The van der Waals surface area contributed by atoms with Crippen LogP contribution in [0.5, 0.6) is 0 Å². The lowest BCUT2D eigenvalue weighted by Crippen LogP contribution is -2.35. The van der Waals surface area contributed by atoms with Crippen LogP contribution in [-0.2, 0) is 23.9 Å². The molecule has 0 bridgehead atoms. The lowest BCUT2D eigenvalue weighted by atomic mass is 10.1. The predicted molar refractivity (Wildman–Crippen MR) is 100 cm³/mol. The number of nitrogens with zero attached hydrogens (tertiary/aromatic N) is 1. The summed E-state index contributed by atoms with van der Waals surface area (Å²) in [6.07, 6.45) is -3.86. The number of amides is 1. The zero-order valence-corrected chi connectivity index (χ0v) is 15.5. The summed E-state index contributed by atoms with van der Waals surface area (Å²) in [5.74, 6) is -0.190. The molecule has 1 aliphatic rings. The van der Waals surface area contributed by atoms with Crippen molar-refractivity contribution >= 4 is 5.91 Å². The lowest BCUT2D eigenvalue weighted by molar-refractivity contribution is -0.137. The Morgan fingerprint density at radius 2 is 1.57 bits per heavy atom. The van der Waals surface area contributed by atoms with Crippen molar-refractivity contribution in [3.05, 3.63) is 70.8 Å². The SMILES string of the molecule is O=C(NCCc1ccc(C(F)(F)F)cc1)c1ccc(CN2CCOCC2)cc1. The van der Waals surface area contributed by atoms with Crippen LogP contribution < -0.4 is 5.32 Å². The summed E-state index contributed by atoms with van der Waals surface area (Å²) in [6, 6.07) is 12.5. The van der Waals surface area contributed by atoms with E-state index in [9.17, 15) is 18.0 Å². The van der Waals surface area contributed by atoms with Crippen molar-refractivity contribution in [1.82, 2.24) is 10.2 Å². The van der Waals surface area contributed by atoms with Crippen LogP contribution in [0.2, 0.25) is 0 Å². The van der Waals surface area contributed by atoms with Gasteiger partial charge in [-0.3, -0.25) is 9.69 Å². The minimum absolute atomic E-state index is 0.190. The molecule has 0 radical (unpaired) electrons. The number of morpholine rings is 1. The lowest BCUT2D eigenvalue weighted by Gasteiger charge is -2.26. The van der Waals surface area contributed by atoms with Crippen LogP contribution in [0.1, 0.15) is 27.0 Å². The molecule has 1 N–H and O–H groups in total. The number of hydrogen-bond donors (Lipinski definition) is 1. The Morgan fingerprint density at radius 3 is 2.18 bits per heavy atom. The van der Waals surface area contributed by atoms with Crippen LogP contribution >= 0.6 is 0 Å². The molecule has 0 aromatic heterocycles. The second-order valence-corrected chi connectivity index (χ2v) is 6.79. The quantitative estimate of drug-likeness (QED) is 0.818. The first-order chi connectivity index (χ1) is 13.4. The zero-order chi connectivity index (χ0) is 20.0. The molecular formula is C21H23F3N2O2. The van der Waals surface area contributed by atoms with Crippen molar-refractivity contribution in [3.63, 3.8) is 0 Å². The van der Waals surface area contributed by atoms with Crippen molar-refractivity contribution in [2.75, 3.05) is 32.8 Å². The highest BCUT2D eigenvalue weighted by Crippen LogP contribution is 2.29. The highest BCUT2D eigenvalue weighted by Gasteiger charge is 2.29. The van der Waals surface area contributed by atoms with E-state index in [0.29, 0.717) is 18.5 Å². The summed E-state index contributed by atoms with van der Waals surface area (Å²) in [5, 5.41) is 2.81. The van der Waals surface area contributed by atoms with Gasteiger partial charge in [-0.1, -0.05) is 24.3 Å². The van der Waals surface area contributed by atoms with Crippen LogP contribution in [0.25, 0.3) is 0 Å². The van der Waals surface area contributed by atoms with Crippen LogP contribution in [0, 0.1) is 0 Å². The largest absolute Gasteiger partial charge is 0.416 e. The van der Waals surface area contributed by atoms with Crippen molar-refractivity contribution in [3.8, 4) is 0 Å². The fourth-order valence-electron chi connectivity index (χ4n) is 3.06. The van der Waals surface area contributed by atoms with E-state index in [1.807, 2.05) is 12.1 Å². The van der Waals surface area contributed by atoms with Gasteiger partial charge in [0, 0.05) is 31.7 Å². The van der Waals surface area contributed by atoms with Crippen molar-refractivity contribution < 1.29 is 22.7 Å². The average Bonchev–Trinajstić information content (AvgIpc) is 2.69. The number of hydrogen-bond acceptors (Lipinski definition) is 3. The smallest absolute Gasteiger partial charge is 0.379 e. The fourth-order valence-corrected chi connectivity index (χ4v) is 3.06. The molecule has 0 unspecified atom stereocenters. The summed E-state index contributed by atoms with van der Waals surface area (Å²) in [7, 11) is 0. The molecule has 0 spiro atoms. The Hall–Kier alpha value is -2.38. The summed E-state index contributed by atoms with van der Waals surface area (Å²) < 4.78 is 43.0. The van der Waals surface area contributed by atoms with Crippen molar-refractivity contribution in [2.45, 2.75) is 19.1 Å². The number of benzene rings is 2. The summed E-state index contributed by atoms with van der Waals surface area (Å²) >= 11 is 0. The third-order valence-corrected chi connectivity index (χ3v) is 4.71. The number of nitrogens with one attached hydrogen (secondary N) is 1. The molecule has 4 nitrogen and oxygen atoms in total. The Morgan fingerprint density at radius 1 is 0.964 bits per heavy atom. The molecule has 1 aliphatic heterocycles. The Bertz CT molecular complexity index is 768. The molecule has 1 heterocycles. The van der Waals surface area contributed by atoms with Gasteiger partial charge in [-0.25, -0.2) is 0 Å². The maximum Gasteiger partial charge on any atom is 0.416 e. The predicted octanol–water partition coefficient (Wildman–Crippen LogP) is 3.51. The Labute approximate surface area is 162 Å². The minimum atomic E-state index is -4.33. The topological polar surface area (TPSA) is 41.6 Å². The molecule has 7 heteroatoms. The van der Waals surface area contributed by atoms with Crippen LogP contribution in [0.4, 0.5) is 13.2 Å². The fraction of sp³-hybridized carbons (Fsp3) is 0.381. The highest BCUT2D eigenvalue weighted by atomic mass is 19.4. The van der Waals surface area contributed by atoms with Gasteiger partial charge >= 0.3 is 6.18 Å². The van der Waals surface area contributed by atoms with E-state index in [4.69, 9.17) is 4.74 Å². The van der Waals surface area contributed by atoms with Gasteiger partial charge in [0.1, 0.15) is 0 Å². The van der Waals surface area contributed by atoms with E-state index in [2.05, 4.69) is 10.2 Å². The molecule has 0 aliphatic carbocycles. The minimum Gasteiger partial charge on any atom is -0.379 e. The van der Waals surface area contributed by atoms with Gasteiger partial charge in [0.05, 0.1) is 18.8 Å². The van der Waals surface area contributed by atoms with E-state index in [1.165, 1.54) is 12.1 Å². The maximum atomic E-state index is 12.6. The van der Waals surface area contributed by atoms with Gasteiger partial charge in [0.15, 0.2) is 0 Å². The van der Waals surface area contributed by atoms with Gasteiger partial charge in [-0.05, 0) is 41.8 Å². The number of alkyl halides is 3.